The Hall–Kier alpha value is -2.57. The van der Waals surface area contributed by atoms with Crippen LogP contribution in [0.2, 0.25) is 0 Å². The number of para-hydroxylation sites is 1. The second-order valence-corrected chi connectivity index (χ2v) is 7.93. The van der Waals surface area contributed by atoms with Crippen LogP contribution in [0.4, 0.5) is 5.69 Å². The van der Waals surface area contributed by atoms with Crippen LogP contribution in [0.5, 0.6) is 5.75 Å². The summed E-state index contributed by atoms with van der Waals surface area (Å²) in [6.45, 7) is 7.15. The molecule has 0 atom stereocenters. The van der Waals surface area contributed by atoms with Crippen molar-refractivity contribution in [2.75, 3.05) is 64.9 Å². The van der Waals surface area contributed by atoms with Crippen molar-refractivity contribution in [1.82, 2.24) is 5.32 Å². The second-order valence-electron chi connectivity index (χ2n) is 7.93. The highest BCUT2D eigenvalue weighted by atomic mass is 16.5. The molecule has 0 bridgehead atoms. The summed E-state index contributed by atoms with van der Waals surface area (Å²) in [4.78, 5) is 17.3. The average Bonchev–Trinajstić information content (AvgIpc) is 2.74. The van der Waals surface area contributed by atoms with Gasteiger partial charge in [0, 0.05) is 26.3 Å². The van der Waals surface area contributed by atoms with Gasteiger partial charge in [-0.3, -0.25) is 4.79 Å². The van der Waals surface area contributed by atoms with E-state index in [2.05, 4.69) is 34.5 Å². The van der Waals surface area contributed by atoms with Gasteiger partial charge in [-0.2, -0.15) is 0 Å². The number of nitrogens with zero attached hydrogens (tertiary/aromatic N) is 1. The number of carbonyl (C=O) groups is 1. The lowest BCUT2D eigenvalue weighted by atomic mass is 10.2. The minimum absolute atomic E-state index is 0.132. The molecule has 3 rings (SSSR count). The smallest absolute Gasteiger partial charge is 0.275 e. The van der Waals surface area contributed by atoms with Crippen LogP contribution in [0.1, 0.15) is 5.56 Å². The fourth-order valence-electron chi connectivity index (χ4n) is 3.62. The highest BCUT2D eigenvalue weighted by Crippen LogP contribution is 2.11. The van der Waals surface area contributed by atoms with Gasteiger partial charge in [-0.15, -0.1) is 0 Å². The van der Waals surface area contributed by atoms with E-state index < -0.39 is 0 Å². The van der Waals surface area contributed by atoms with Gasteiger partial charge in [-0.25, -0.2) is 0 Å². The molecule has 0 spiro atoms. The zero-order valence-electron chi connectivity index (χ0n) is 17.6. The van der Waals surface area contributed by atoms with Crippen LogP contribution in [0.3, 0.4) is 0 Å². The third-order valence-electron chi connectivity index (χ3n) is 5.48. The Morgan fingerprint density at radius 2 is 1.62 bits per heavy atom. The van der Waals surface area contributed by atoms with Crippen LogP contribution in [-0.4, -0.2) is 65.9 Å². The van der Waals surface area contributed by atoms with Crippen molar-refractivity contribution in [2.24, 2.45) is 0 Å². The molecule has 0 aliphatic carbocycles. The Morgan fingerprint density at radius 3 is 2.28 bits per heavy atom. The Balaban J connectivity index is 1.30. The summed E-state index contributed by atoms with van der Waals surface area (Å²) in [7, 11) is 4.05. The Bertz CT molecular complexity index is 741. The average molecular weight is 399 g/mol. The predicted octanol–water partition coefficient (Wildman–Crippen LogP) is -0.769. The molecule has 1 fully saturated rings. The molecule has 0 saturated carbocycles. The summed E-state index contributed by atoms with van der Waals surface area (Å²) in [6.07, 6.45) is 0. The Labute approximate surface area is 174 Å². The van der Waals surface area contributed by atoms with Crippen LogP contribution < -0.4 is 24.8 Å². The SMILES string of the molecule is CN(C)c1ccc(CNC(=O)C[NH+]2CC[NH+](CCOc3ccccc3)CC2)cc1. The van der Waals surface area contributed by atoms with E-state index in [4.69, 9.17) is 4.74 Å². The maximum atomic E-state index is 12.3. The molecule has 0 aromatic heterocycles. The van der Waals surface area contributed by atoms with Crippen LogP contribution in [0, 0.1) is 0 Å². The molecule has 2 aromatic rings. The summed E-state index contributed by atoms with van der Waals surface area (Å²) in [5.74, 6) is 1.07. The summed E-state index contributed by atoms with van der Waals surface area (Å²) in [5.41, 5.74) is 2.30. The van der Waals surface area contributed by atoms with E-state index in [0.29, 0.717) is 13.1 Å². The van der Waals surface area contributed by atoms with Gasteiger partial charge >= 0.3 is 0 Å². The first-order chi connectivity index (χ1) is 14.1. The summed E-state index contributed by atoms with van der Waals surface area (Å²) < 4.78 is 5.80. The van der Waals surface area contributed by atoms with Crippen molar-refractivity contribution in [2.45, 2.75) is 6.54 Å². The van der Waals surface area contributed by atoms with E-state index in [1.54, 1.807) is 4.90 Å². The fraction of sp³-hybridized carbons (Fsp3) is 0.435. The summed E-state index contributed by atoms with van der Waals surface area (Å²) >= 11 is 0. The van der Waals surface area contributed by atoms with E-state index in [0.717, 1.165) is 50.6 Å². The molecule has 1 amide bonds. The molecule has 0 radical (unpaired) electrons. The number of nitrogens with one attached hydrogen (secondary N) is 3. The molecule has 1 heterocycles. The van der Waals surface area contributed by atoms with E-state index in [9.17, 15) is 4.79 Å². The number of anilines is 1. The molecule has 6 heteroatoms. The molecule has 6 nitrogen and oxygen atoms in total. The lowest BCUT2D eigenvalue weighted by Crippen LogP contribution is -3.28. The topological polar surface area (TPSA) is 50.5 Å². The molecule has 0 unspecified atom stereocenters. The largest absolute Gasteiger partial charge is 0.488 e. The van der Waals surface area contributed by atoms with Gasteiger partial charge in [-0.05, 0) is 29.8 Å². The molecule has 156 valence electrons. The molecule has 1 saturated heterocycles. The number of rotatable bonds is 9. The fourth-order valence-corrected chi connectivity index (χ4v) is 3.62. The van der Waals surface area contributed by atoms with Gasteiger partial charge in [0.1, 0.15) is 45.1 Å². The van der Waals surface area contributed by atoms with Gasteiger partial charge in [0.05, 0.1) is 0 Å². The third kappa shape index (κ3) is 7.07. The molecule has 29 heavy (non-hydrogen) atoms. The number of carbonyl (C=O) groups excluding carboxylic acids is 1. The van der Waals surface area contributed by atoms with Gasteiger partial charge in [0.15, 0.2) is 6.54 Å². The van der Waals surface area contributed by atoms with Crippen LogP contribution in [-0.2, 0) is 11.3 Å². The number of quaternary nitrogens is 2. The number of ether oxygens (including phenoxy) is 1. The summed E-state index contributed by atoms with van der Waals surface area (Å²) in [5, 5.41) is 3.06. The number of hydrogen-bond acceptors (Lipinski definition) is 3. The van der Waals surface area contributed by atoms with Crippen LogP contribution >= 0.6 is 0 Å². The van der Waals surface area contributed by atoms with E-state index in [-0.39, 0.29) is 5.91 Å². The lowest BCUT2D eigenvalue weighted by molar-refractivity contribution is -1.01. The Morgan fingerprint density at radius 1 is 0.966 bits per heavy atom. The molecule has 3 N–H and O–H groups in total. The lowest BCUT2D eigenvalue weighted by Gasteiger charge is -2.29. The third-order valence-corrected chi connectivity index (χ3v) is 5.48. The van der Waals surface area contributed by atoms with Crippen LogP contribution in [0.15, 0.2) is 54.6 Å². The van der Waals surface area contributed by atoms with Gasteiger partial charge in [-0.1, -0.05) is 30.3 Å². The zero-order valence-corrected chi connectivity index (χ0v) is 17.6. The van der Waals surface area contributed by atoms with Crippen molar-refractivity contribution in [1.29, 1.82) is 0 Å². The van der Waals surface area contributed by atoms with Crippen molar-refractivity contribution < 1.29 is 19.3 Å². The Kier molecular flexibility index (Phi) is 7.90. The highest BCUT2D eigenvalue weighted by molar-refractivity contribution is 5.76. The van der Waals surface area contributed by atoms with Gasteiger partial charge in [0.2, 0.25) is 0 Å². The van der Waals surface area contributed by atoms with E-state index in [1.165, 1.54) is 10.6 Å². The van der Waals surface area contributed by atoms with Crippen molar-refractivity contribution in [3.05, 3.63) is 60.2 Å². The van der Waals surface area contributed by atoms with Crippen molar-refractivity contribution in [3.63, 3.8) is 0 Å². The number of hydrogen-bond donors (Lipinski definition) is 3. The first-order valence-corrected chi connectivity index (χ1v) is 10.5. The number of piperazine rings is 1. The first kappa shape index (κ1) is 21.1. The quantitative estimate of drug-likeness (QED) is 0.520. The monoisotopic (exact) mass is 398 g/mol. The van der Waals surface area contributed by atoms with E-state index in [1.807, 2.05) is 44.4 Å². The van der Waals surface area contributed by atoms with E-state index >= 15 is 0 Å². The normalized spacial score (nSPS) is 18.8. The first-order valence-electron chi connectivity index (χ1n) is 10.5. The zero-order chi connectivity index (χ0) is 20.5. The van der Waals surface area contributed by atoms with Gasteiger partial charge < -0.3 is 24.8 Å². The maximum Gasteiger partial charge on any atom is 0.275 e. The number of benzene rings is 2. The molecule has 2 aromatic carbocycles. The van der Waals surface area contributed by atoms with Crippen molar-refractivity contribution >= 4 is 11.6 Å². The highest BCUT2D eigenvalue weighted by Gasteiger charge is 2.24. The minimum atomic E-state index is 0.132. The van der Waals surface area contributed by atoms with Crippen molar-refractivity contribution in [3.8, 4) is 5.75 Å². The second kappa shape index (κ2) is 10.8. The predicted molar refractivity (Wildman–Crippen MR) is 116 cm³/mol. The molecule has 1 aliphatic heterocycles. The van der Waals surface area contributed by atoms with Crippen LogP contribution in [0.25, 0.3) is 0 Å². The standard InChI is InChI=1S/C23H32N4O2/c1-25(2)21-10-8-20(9-11-21)18-24-23(28)19-27-14-12-26(13-15-27)16-17-29-22-6-4-3-5-7-22/h3-11H,12-19H2,1-2H3,(H,24,28)/p+2. The molecular weight excluding hydrogens is 364 g/mol. The molecule has 1 aliphatic rings. The molecular formula is C23H34N4O2+2. The maximum absolute atomic E-state index is 12.3. The van der Waals surface area contributed by atoms with Gasteiger partial charge in [0.25, 0.3) is 5.91 Å². The number of amides is 1. The summed E-state index contributed by atoms with van der Waals surface area (Å²) in [6, 6.07) is 18.3. The minimum Gasteiger partial charge on any atom is -0.488 e.